The Morgan fingerprint density at radius 1 is 1.15 bits per heavy atom. The normalized spacial score (nSPS) is 21.2. The summed E-state index contributed by atoms with van der Waals surface area (Å²) < 4.78 is 32.5. The van der Waals surface area contributed by atoms with Crippen LogP contribution in [-0.4, -0.2) is 75.4 Å². The molecule has 2 atom stereocenters. The second-order valence-corrected chi connectivity index (χ2v) is 8.51. The van der Waals surface area contributed by atoms with E-state index in [1.807, 2.05) is 13.8 Å². The molecule has 8 nitrogen and oxygen atoms in total. The van der Waals surface area contributed by atoms with Gasteiger partial charge in [0.15, 0.2) is 0 Å². The number of nitrogens with one attached hydrogen (secondary N) is 1. The molecule has 144 valence electrons. The first-order valence-electron chi connectivity index (χ1n) is 8.35. The predicted molar refractivity (Wildman–Crippen MR) is 96.2 cm³/mol. The molecule has 0 unspecified atom stereocenters. The maximum absolute atomic E-state index is 12.8. The van der Waals surface area contributed by atoms with Crippen molar-refractivity contribution >= 4 is 21.8 Å². The summed E-state index contributed by atoms with van der Waals surface area (Å²) in [6.07, 6.45) is -0.347. The Bertz CT molecular complexity index is 751. The number of benzene rings is 1. The van der Waals surface area contributed by atoms with Gasteiger partial charge in [-0.2, -0.15) is 4.31 Å². The van der Waals surface area contributed by atoms with Crippen molar-refractivity contribution in [1.82, 2.24) is 14.5 Å². The van der Waals surface area contributed by atoms with Crippen LogP contribution in [0.1, 0.15) is 24.2 Å². The third kappa shape index (κ3) is 4.80. The molecule has 2 amide bonds. The second-order valence-electron chi connectivity index (χ2n) is 6.57. The van der Waals surface area contributed by atoms with Gasteiger partial charge in [-0.05, 0) is 38.1 Å². The molecule has 0 spiro atoms. The summed E-state index contributed by atoms with van der Waals surface area (Å²) in [5.41, 5.74) is 0.291. The molecule has 2 rings (SSSR count). The van der Waals surface area contributed by atoms with Crippen LogP contribution in [0.3, 0.4) is 0 Å². The largest absolute Gasteiger partial charge is 0.373 e. The number of amides is 2. The molecule has 1 aliphatic rings. The molecule has 0 bridgehead atoms. The van der Waals surface area contributed by atoms with E-state index in [-0.39, 0.29) is 29.6 Å². The van der Waals surface area contributed by atoms with Gasteiger partial charge in [-0.1, -0.05) is 0 Å². The predicted octanol–water partition coefficient (Wildman–Crippen LogP) is 0.303. The van der Waals surface area contributed by atoms with E-state index in [0.29, 0.717) is 18.7 Å². The smallest absolute Gasteiger partial charge is 0.251 e. The van der Waals surface area contributed by atoms with Gasteiger partial charge in [-0.25, -0.2) is 8.42 Å². The van der Waals surface area contributed by atoms with Crippen molar-refractivity contribution < 1.29 is 22.7 Å². The van der Waals surface area contributed by atoms with Crippen LogP contribution in [0.2, 0.25) is 0 Å². The standard InChI is InChI=1S/C17H25N3O5S/c1-12-10-20(11-13(2)25-12)26(23,24)15-7-5-14(6-8-15)17(22)18-9-16(21)19(3)4/h5-8,12-13H,9-11H2,1-4H3,(H,18,22)/t12-,13-/m1/s1. The molecular formula is C17H25N3O5S. The van der Waals surface area contributed by atoms with E-state index < -0.39 is 15.9 Å². The summed E-state index contributed by atoms with van der Waals surface area (Å²) in [7, 11) is -0.449. The fourth-order valence-corrected chi connectivity index (χ4v) is 4.26. The number of hydrogen-bond acceptors (Lipinski definition) is 5. The fourth-order valence-electron chi connectivity index (χ4n) is 2.67. The second kappa shape index (κ2) is 8.15. The third-order valence-corrected chi connectivity index (χ3v) is 5.89. The molecule has 0 radical (unpaired) electrons. The van der Waals surface area contributed by atoms with Gasteiger partial charge in [0.25, 0.3) is 5.91 Å². The minimum Gasteiger partial charge on any atom is -0.373 e. The quantitative estimate of drug-likeness (QED) is 0.789. The Hall–Kier alpha value is -1.97. The summed E-state index contributed by atoms with van der Waals surface area (Å²) in [5, 5.41) is 2.51. The summed E-state index contributed by atoms with van der Waals surface area (Å²) in [6, 6.07) is 5.69. The van der Waals surface area contributed by atoms with Crippen LogP contribution in [0.25, 0.3) is 0 Å². The number of rotatable bonds is 5. The van der Waals surface area contributed by atoms with E-state index in [4.69, 9.17) is 4.74 Å². The molecule has 1 fully saturated rings. The van der Waals surface area contributed by atoms with Crippen LogP contribution in [0, 0.1) is 0 Å². The van der Waals surface area contributed by atoms with Gasteiger partial charge < -0.3 is 15.0 Å². The van der Waals surface area contributed by atoms with Gasteiger partial charge in [-0.15, -0.1) is 0 Å². The van der Waals surface area contributed by atoms with Crippen molar-refractivity contribution in [1.29, 1.82) is 0 Å². The highest BCUT2D eigenvalue weighted by Gasteiger charge is 2.32. The average Bonchev–Trinajstić information content (AvgIpc) is 2.58. The van der Waals surface area contributed by atoms with E-state index in [0.717, 1.165) is 0 Å². The number of ether oxygens (including phenoxy) is 1. The van der Waals surface area contributed by atoms with Crippen LogP contribution < -0.4 is 5.32 Å². The van der Waals surface area contributed by atoms with Crippen LogP contribution in [0.4, 0.5) is 0 Å². The Morgan fingerprint density at radius 2 is 1.69 bits per heavy atom. The Labute approximate surface area is 154 Å². The summed E-state index contributed by atoms with van der Waals surface area (Å²) in [6.45, 7) is 4.14. The van der Waals surface area contributed by atoms with Gasteiger partial charge in [-0.3, -0.25) is 9.59 Å². The van der Waals surface area contributed by atoms with Gasteiger partial charge >= 0.3 is 0 Å². The van der Waals surface area contributed by atoms with Crippen molar-refractivity contribution in [3.63, 3.8) is 0 Å². The number of likely N-dealkylation sites (N-methyl/N-ethyl adjacent to an activating group) is 1. The lowest BCUT2D eigenvalue weighted by molar-refractivity contribution is -0.127. The lowest BCUT2D eigenvalue weighted by atomic mass is 10.2. The molecule has 0 aliphatic carbocycles. The SMILES string of the molecule is C[C@@H]1CN(S(=O)(=O)c2ccc(C(=O)NCC(=O)N(C)C)cc2)C[C@@H](C)O1. The first-order chi connectivity index (χ1) is 12.1. The van der Waals surface area contributed by atoms with Crippen molar-refractivity contribution in [2.45, 2.75) is 31.0 Å². The van der Waals surface area contributed by atoms with Crippen LogP contribution in [-0.2, 0) is 19.6 Å². The fraction of sp³-hybridized carbons (Fsp3) is 0.529. The molecule has 1 heterocycles. The van der Waals surface area contributed by atoms with Gasteiger partial charge in [0, 0.05) is 32.7 Å². The Morgan fingerprint density at radius 3 is 2.19 bits per heavy atom. The zero-order valence-corrected chi connectivity index (χ0v) is 16.2. The average molecular weight is 383 g/mol. The lowest BCUT2D eigenvalue weighted by Gasteiger charge is -2.34. The number of morpholine rings is 1. The molecular weight excluding hydrogens is 358 g/mol. The summed E-state index contributed by atoms with van der Waals surface area (Å²) in [5.74, 6) is -0.661. The highest BCUT2D eigenvalue weighted by Crippen LogP contribution is 2.21. The van der Waals surface area contributed by atoms with E-state index >= 15 is 0 Å². The molecule has 9 heteroatoms. The molecule has 0 saturated carbocycles. The highest BCUT2D eigenvalue weighted by molar-refractivity contribution is 7.89. The Balaban J connectivity index is 2.08. The zero-order chi connectivity index (χ0) is 19.5. The lowest BCUT2D eigenvalue weighted by Crippen LogP contribution is -2.48. The van der Waals surface area contributed by atoms with Crippen LogP contribution >= 0.6 is 0 Å². The minimum atomic E-state index is -3.65. The molecule has 1 N–H and O–H groups in total. The van der Waals surface area contributed by atoms with Crippen molar-refractivity contribution in [3.8, 4) is 0 Å². The van der Waals surface area contributed by atoms with E-state index in [9.17, 15) is 18.0 Å². The zero-order valence-electron chi connectivity index (χ0n) is 15.4. The molecule has 1 saturated heterocycles. The minimum absolute atomic E-state index is 0.116. The topological polar surface area (TPSA) is 96.0 Å². The highest BCUT2D eigenvalue weighted by atomic mass is 32.2. The number of hydrogen-bond donors (Lipinski definition) is 1. The number of sulfonamides is 1. The third-order valence-electron chi connectivity index (χ3n) is 4.04. The van der Waals surface area contributed by atoms with Gasteiger partial charge in [0.2, 0.25) is 15.9 Å². The summed E-state index contributed by atoms with van der Waals surface area (Å²) >= 11 is 0. The maximum Gasteiger partial charge on any atom is 0.251 e. The molecule has 1 aromatic rings. The first-order valence-corrected chi connectivity index (χ1v) is 9.79. The number of carbonyl (C=O) groups excluding carboxylic acids is 2. The van der Waals surface area contributed by atoms with Crippen molar-refractivity contribution in [3.05, 3.63) is 29.8 Å². The first kappa shape index (κ1) is 20.3. The monoisotopic (exact) mass is 383 g/mol. The number of carbonyl (C=O) groups is 2. The molecule has 1 aromatic carbocycles. The molecule has 1 aliphatic heterocycles. The van der Waals surface area contributed by atoms with E-state index in [2.05, 4.69) is 5.32 Å². The van der Waals surface area contributed by atoms with Crippen LogP contribution in [0.15, 0.2) is 29.2 Å². The van der Waals surface area contributed by atoms with Crippen LogP contribution in [0.5, 0.6) is 0 Å². The number of nitrogens with zero attached hydrogens (tertiary/aromatic N) is 2. The molecule has 0 aromatic heterocycles. The Kier molecular flexibility index (Phi) is 6.38. The van der Waals surface area contributed by atoms with Crippen molar-refractivity contribution in [2.24, 2.45) is 0 Å². The van der Waals surface area contributed by atoms with Crippen molar-refractivity contribution in [2.75, 3.05) is 33.7 Å². The van der Waals surface area contributed by atoms with E-state index in [1.165, 1.54) is 33.5 Å². The van der Waals surface area contributed by atoms with Gasteiger partial charge in [0.1, 0.15) is 0 Å². The van der Waals surface area contributed by atoms with E-state index in [1.54, 1.807) is 14.1 Å². The summed E-state index contributed by atoms with van der Waals surface area (Å²) in [4.78, 5) is 25.1. The maximum atomic E-state index is 12.8. The molecule has 26 heavy (non-hydrogen) atoms. The van der Waals surface area contributed by atoms with Gasteiger partial charge in [0.05, 0.1) is 23.6 Å².